The summed E-state index contributed by atoms with van der Waals surface area (Å²) < 4.78 is 39.3. The highest BCUT2D eigenvalue weighted by molar-refractivity contribution is 7.47. The zero-order chi connectivity index (χ0) is 48.3. The summed E-state index contributed by atoms with van der Waals surface area (Å²) in [5, 5.41) is 50.2. The van der Waals surface area contributed by atoms with Crippen LogP contribution in [0.25, 0.3) is 0 Å². The average Bonchev–Trinajstić information content (AvgIpc) is 4.06. The molecule has 15 heteroatoms. The van der Waals surface area contributed by atoms with E-state index in [0.717, 1.165) is 70.6 Å². The van der Waals surface area contributed by atoms with Crippen LogP contribution >= 0.6 is 7.82 Å². The highest BCUT2D eigenvalue weighted by atomic mass is 31.2. The van der Waals surface area contributed by atoms with Crippen molar-refractivity contribution in [2.75, 3.05) is 13.2 Å². The molecule has 0 aromatic rings. The van der Waals surface area contributed by atoms with Crippen molar-refractivity contribution in [3.8, 4) is 0 Å². The minimum Gasteiger partial charge on any atom is -0.462 e. The van der Waals surface area contributed by atoms with E-state index in [9.17, 15) is 44.6 Å². The minimum atomic E-state index is -5.16. The van der Waals surface area contributed by atoms with E-state index in [-0.39, 0.29) is 25.0 Å². The second-order valence-corrected chi connectivity index (χ2v) is 18.4. The van der Waals surface area contributed by atoms with E-state index in [1.807, 2.05) is 12.2 Å². The van der Waals surface area contributed by atoms with Crippen molar-refractivity contribution in [2.24, 2.45) is 0 Å². The first kappa shape index (κ1) is 59.1. The lowest BCUT2D eigenvalue weighted by Crippen LogP contribution is -2.64. The summed E-state index contributed by atoms with van der Waals surface area (Å²) in [6.45, 7) is 3.15. The lowest BCUT2D eigenvalue weighted by atomic mass is 9.85. The van der Waals surface area contributed by atoms with Crippen LogP contribution < -0.4 is 0 Å². The topological polar surface area (TPSA) is 222 Å². The largest absolute Gasteiger partial charge is 0.472 e. The van der Waals surface area contributed by atoms with E-state index < -0.39 is 75.7 Å². The van der Waals surface area contributed by atoms with Gasteiger partial charge in [-0.3, -0.25) is 18.6 Å². The quantitative estimate of drug-likeness (QED) is 0.0112. The van der Waals surface area contributed by atoms with Crippen molar-refractivity contribution in [2.45, 2.75) is 210 Å². The Morgan fingerprint density at radius 2 is 0.955 bits per heavy atom. The minimum absolute atomic E-state index is 0.000470. The summed E-state index contributed by atoms with van der Waals surface area (Å²) in [6.07, 6.45) is 36.5. The van der Waals surface area contributed by atoms with Gasteiger partial charge in [0.1, 0.15) is 43.2 Å². The molecule has 14 nitrogen and oxygen atoms in total. The van der Waals surface area contributed by atoms with Gasteiger partial charge in [0.05, 0.1) is 18.8 Å². The van der Waals surface area contributed by atoms with Gasteiger partial charge >= 0.3 is 19.8 Å². The van der Waals surface area contributed by atoms with Crippen molar-refractivity contribution in [1.29, 1.82) is 0 Å². The molecule has 0 bridgehead atoms. The van der Waals surface area contributed by atoms with Crippen molar-refractivity contribution in [3.63, 3.8) is 0 Å². The van der Waals surface area contributed by atoms with E-state index in [1.165, 1.54) is 38.5 Å². The van der Waals surface area contributed by atoms with Crippen molar-refractivity contribution in [3.05, 3.63) is 85.1 Å². The zero-order valence-corrected chi connectivity index (χ0v) is 40.5. The van der Waals surface area contributed by atoms with Gasteiger partial charge < -0.3 is 44.6 Å². The Kier molecular flexibility index (Phi) is 33.1. The Labute approximate surface area is 394 Å². The third-order valence-electron chi connectivity index (χ3n) is 11.1. The molecule has 66 heavy (non-hydrogen) atoms. The molecule has 2 aliphatic rings. The number of epoxide rings is 1. The smallest absolute Gasteiger partial charge is 0.462 e. The number of unbranched alkanes of at least 4 members (excludes halogenated alkanes) is 10. The summed E-state index contributed by atoms with van der Waals surface area (Å²) in [5.74, 6) is -1.22. The maximum atomic E-state index is 12.8. The zero-order valence-electron chi connectivity index (χ0n) is 39.6. The van der Waals surface area contributed by atoms with Crippen molar-refractivity contribution in [1.82, 2.24) is 0 Å². The number of esters is 2. The van der Waals surface area contributed by atoms with Gasteiger partial charge in [0, 0.05) is 12.8 Å². The molecule has 2 fully saturated rings. The maximum absolute atomic E-state index is 12.8. The van der Waals surface area contributed by atoms with Crippen LogP contribution in [0.15, 0.2) is 85.1 Å². The predicted molar refractivity (Wildman–Crippen MR) is 257 cm³/mol. The van der Waals surface area contributed by atoms with Crippen LogP contribution in [0.4, 0.5) is 0 Å². The fourth-order valence-corrected chi connectivity index (χ4v) is 7.98. The molecule has 5 unspecified atom stereocenters. The first-order chi connectivity index (χ1) is 31.9. The lowest BCUT2D eigenvalue weighted by molar-refractivity contribution is -0.220. The molecule has 0 aromatic heterocycles. The lowest BCUT2D eigenvalue weighted by Gasteiger charge is -2.41. The molecule has 1 saturated heterocycles. The molecule has 0 aromatic carbocycles. The second-order valence-electron chi connectivity index (χ2n) is 17.0. The summed E-state index contributed by atoms with van der Waals surface area (Å²) in [4.78, 5) is 35.8. The number of phosphoric acid groups is 1. The molecule has 376 valence electrons. The number of rotatable bonds is 38. The van der Waals surface area contributed by atoms with Gasteiger partial charge in [-0.2, -0.15) is 0 Å². The monoisotopic (exact) mass is 951 g/mol. The SMILES string of the molecule is CCCCC/C=C\C/C=C\C/C=C\C/C=C\CCCCCC(=O)OC[C@H](COP(=O)(O)OC1[C@H](O)[C@H](O)C(O)[C@H](O)[C@H]1O)OC(=O)CCC/C=C\CC1OC1C/C=C\C/C=C\CCCCC. The Bertz CT molecular complexity index is 1540. The summed E-state index contributed by atoms with van der Waals surface area (Å²) in [5.41, 5.74) is 0. The van der Waals surface area contributed by atoms with E-state index in [2.05, 4.69) is 86.8 Å². The number of allylic oxidation sites excluding steroid dienone is 12. The van der Waals surface area contributed by atoms with Gasteiger partial charge in [0.15, 0.2) is 6.10 Å². The number of aliphatic hydroxyl groups is 5. The maximum Gasteiger partial charge on any atom is 0.472 e. The predicted octanol–water partition coefficient (Wildman–Crippen LogP) is 9.04. The van der Waals surface area contributed by atoms with Crippen LogP contribution in [0.3, 0.4) is 0 Å². The molecule has 0 spiro atoms. The molecule has 1 aliphatic heterocycles. The average molecular weight is 951 g/mol. The Balaban J connectivity index is 1.74. The van der Waals surface area contributed by atoms with Crippen LogP contribution in [0.1, 0.15) is 155 Å². The molecule has 10 atom stereocenters. The Morgan fingerprint density at radius 1 is 0.530 bits per heavy atom. The van der Waals surface area contributed by atoms with Crippen LogP contribution in [0.2, 0.25) is 0 Å². The number of carbonyl (C=O) groups excluding carboxylic acids is 2. The van der Waals surface area contributed by atoms with Crippen LogP contribution in [0.5, 0.6) is 0 Å². The molecule has 6 N–H and O–H groups in total. The van der Waals surface area contributed by atoms with Gasteiger partial charge in [-0.15, -0.1) is 0 Å². The molecule has 1 aliphatic carbocycles. The van der Waals surface area contributed by atoms with Gasteiger partial charge in [-0.05, 0) is 96.3 Å². The van der Waals surface area contributed by atoms with Gasteiger partial charge in [-0.1, -0.05) is 131 Å². The standard InChI is InChI=1S/C51H83O14P/c1-3-5-7-9-11-13-14-15-16-17-18-19-20-21-22-24-26-28-33-37-44(52)61-39-41(40-62-66(59,60)65-51-49(57)47(55)46(54)48(56)50(51)58)63-45(53)38-34-30-29-32-36-43-42(64-43)35-31-27-25-23-12-10-8-6-4-2/h11-13,15-16,18-19,21-23,27,29,31-32,41-43,46-51,54-58H,3-10,14,17,20,24-26,28,30,33-40H2,1-2H3,(H,59,60)/b13-11-,16-15-,19-18-,22-21-,23-12-,31-27-,32-29-/t41-,42?,43?,46?,47-,48+,49-,50-,51?/m1/s1. The molecule has 0 amide bonds. The third kappa shape index (κ3) is 28.3. The highest BCUT2D eigenvalue weighted by Gasteiger charge is 2.51. The van der Waals surface area contributed by atoms with Crippen molar-refractivity contribution >= 4 is 19.8 Å². The number of ether oxygens (including phenoxy) is 3. The van der Waals surface area contributed by atoms with E-state index in [1.54, 1.807) is 0 Å². The van der Waals surface area contributed by atoms with Gasteiger partial charge in [0.2, 0.25) is 0 Å². The molecular weight excluding hydrogens is 868 g/mol. The molecule has 2 rings (SSSR count). The Hall–Kier alpha value is -3.01. The Morgan fingerprint density at radius 3 is 1.48 bits per heavy atom. The number of carbonyl (C=O) groups is 2. The third-order valence-corrected chi connectivity index (χ3v) is 12.1. The normalized spacial score (nSPS) is 25.1. The molecule has 1 saturated carbocycles. The highest BCUT2D eigenvalue weighted by Crippen LogP contribution is 2.47. The van der Waals surface area contributed by atoms with Crippen LogP contribution in [0, 0.1) is 0 Å². The summed E-state index contributed by atoms with van der Waals surface area (Å²) >= 11 is 0. The summed E-state index contributed by atoms with van der Waals surface area (Å²) in [6, 6.07) is 0. The number of aliphatic hydroxyl groups excluding tert-OH is 5. The number of phosphoric ester groups is 1. The van der Waals surface area contributed by atoms with E-state index >= 15 is 0 Å². The van der Waals surface area contributed by atoms with Crippen molar-refractivity contribution < 1.29 is 67.8 Å². The number of hydrogen-bond acceptors (Lipinski definition) is 13. The fraction of sp³-hybridized carbons (Fsp3) is 0.686. The van der Waals surface area contributed by atoms with Crippen LogP contribution in [-0.4, -0.2) is 111 Å². The molecule has 1 heterocycles. The first-order valence-electron chi connectivity index (χ1n) is 24.5. The van der Waals surface area contributed by atoms with Gasteiger partial charge in [0.25, 0.3) is 0 Å². The molecular formula is C51H83O14P. The van der Waals surface area contributed by atoms with E-state index in [4.69, 9.17) is 23.3 Å². The van der Waals surface area contributed by atoms with E-state index in [0.29, 0.717) is 19.3 Å². The fourth-order valence-electron chi connectivity index (χ4n) is 7.01. The first-order valence-corrected chi connectivity index (χ1v) is 26.0. The van der Waals surface area contributed by atoms with Crippen LogP contribution in [-0.2, 0) is 37.4 Å². The number of hydrogen-bond donors (Lipinski definition) is 6. The molecule has 0 radical (unpaired) electrons. The van der Waals surface area contributed by atoms with Gasteiger partial charge in [-0.25, -0.2) is 4.57 Å². The second kappa shape index (κ2) is 37.0. The summed E-state index contributed by atoms with van der Waals surface area (Å²) in [7, 11) is -5.16.